The van der Waals surface area contributed by atoms with Crippen molar-refractivity contribution in [3.63, 3.8) is 0 Å². The lowest BCUT2D eigenvalue weighted by molar-refractivity contribution is -0.126. The molecule has 0 bridgehead atoms. The number of benzene rings is 2. The largest absolute Gasteiger partial charge is 0.497 e. The second kappa shape index (κ2) is 6.79. The number of anilines is 1. The Bertz CT molecular complexity index is 916. The number of hydrogen-bond donors (Lipinski definition) is 0. The quantitative estimate of drug-likeness (QED) is 0.629. The zero-order chi connectivity index (χ0) is 19.2. The molecule has 4 rings (SSSR count). The first-order valence-corrected chi connectivity index (χ1v) is 10.1. The van der Waals surface area contributed by atoms with E-state index in [1.54, 1.807) is 7.11 Å². The molecular formula is C22H22BrNO3. The Hall–Kier alpha value is -2.14. The van der Waals surface area contributed by atoms with E-state index in [1.165, 1.54) is 0 Å². The van der Waals surface area contributed by atoms with Crippen molar-refractivity contribution in [3.8, 4) is 5.75 Å². The molecular weight excluding hydrogens is 406 g/mol. The van der Waals surface area contributed by atoms with Crippen molar-refractivity contribution in [2.45, 2.75) is 44.6 Å². The van der Waals surface area contributed by atoms with Gasteiger partial charge in [-0.15, -0.1) is 0 Å². The number of fused-ring (bicyclic) bond motifs is 2. The van der Waals surface area contributed by atoms with Gasteiger partial charge in [0.25, 0.3) is 0 Å². The zero-order valence-electron chi connectivity index (χ0n) is 15.5. The van der Waals surface area contributed by atoms with Crippen LogP contribution in [0.2, 0.25) is 0 Å². The molecule has 2 aromatic carbocycles. The Kier molecular flexibility index (Phi) is 4.58. The van der Waals surface area contributed by atoms with Gasteiger partial charge in [0.05, 0.1) is 24.8 Å². The predicted molar refractivity (Wildman–Crippen MR) is 108 cm³/mol. The second-order valence-corrected chi connectivity index (χ2v) is 8.16. The van der Waals surface area contributed by atoms with Crippen molar-refractivity contribution in [2.24, 2.45) is 0 Å². The Balaban J connectivity index is 1.77. The number of methoxy groups -OCH3 is 1. The molecule has 1 amide bonds. The highest BCUT2D eigenvalue weighted by Crippen LogP contribution is 2.56. The molecule has 1 spiro atoms. The fourth-order valence-electron chi connectivity index (χ4n) is 4.16. The summed E-state index contributed by atoms with van der Waals surface area (Å²) in [5.41, 5.74) is 3.22. The minimum Gasteiger partial charge on any atom is -0.497 e. The molecule has 2 aliphatic rings. The number of rotatable bonds is 5. The summed E-state index contributed by atoms with van der Waals surface area (Å²) in [5, 5.41) is 0. The Labute approximate surface area is 167 Å². The molecule has 1 fully saturated rings. The monoisotopic (exact) mass is 427 g/mol. The van der Waals surface area contributed by atoms with Crippen LogP contribution in [0.15, 0.2) is 40.9 Å². The predicted octanol–water partition coefficient (Wildman–Crippen LogP) is 5.02. The lowest BCUT2D eigenvalue weighted by atomic mass is 9.65. The molecule has 5 heteroatoms. The van der Waals surface area contributed by atoms with Crippen molar-refractivity contribution in [1.29, 1.82) is 0 Å². The SMILES string of the molecule is CCC(=O)c1cc(Br)c2c(c1)C1(CCC1)C(=O)N2Cc1ccc(OC)cc1. The zero-order valence-corrected chi connectivity index (χ0v) is 17.1. The van der Waals surface area contributed by atoms with Gasteiger partial charge in [-0.3, -0.25) is 9.59 Å². The van der Waals surface area contributed by atoms with E-state index in [1.807, 2.05) is 48.2 Å². The van der Waals surface area contributed by atoms with Crippen LogP contribution in [0.25, 0.3) is 0 Å². The van der Waals surface area contributed by atoms with E-state index in [0.717, 1.165) is 46.3 Å². The maximum absolute atomic E-state index is 13.4. The average Bonchev–Trinajstić information content (AvgIpc) is 2.90. The number of carbonyl (C=O) groups excluding carboxylic acids is 2. The summed E-state index contributed by atoms with van der Waals surface area (Å²) in [5.74, 6) is 1.06. The van der Waals surface area contributed by atoms with Crippen molar-refractivity contribution in [1.82, 2.24) is 0 Å². The maximum atomic E-state index is 13.4. The van der Waals surface area contributed by atoms with Crippen LogP contribution in [0.3, 0.4) is 0 Å². The normalized spacial score (nSPS) is 17.0. The fraction of sp³-hybridized carbons (Fsp3) is 0.364. The first-order valence-electron chi connectivity index (χ1n) is 9.32. The van der Waals surface area contributed by atoms with E-state index >= 15 is 0 Å². The van der Waals surface area contributed by atoms with Gasteiger partial charge < -0.3 is 9.64 Å². The van der Waals surface area contributed by atoms with Crippen LogP contribution >= 0.6 is 15.9 Å². The first kappa shape index (κ1) is 18.2. The van der Waals surface area contributed by atoms with Crippen molar-refractivity contribution in [3.05, 3.63) is 57.6 Å². The number of ketones is 1. The van der Waals surface area contributed by atoms with Gasteiger partial charge >= 0.3 is 0 Å². The number of carbonyl (C=O) groups is 2. The summed E-state index contributed by atoms with van der Waals surface area (Å²) in [6, 6.07) is 11.6. The molecule has 1 aliphatic carbocycles. The molecule has 140 valence electrons. The molecule has 0 atom stereocenters. The van der Waals surface area contributed by atoms with Gasteiger partial charge in [0, 0.05) is 16.5 Å². The summed E-state index contributed by atoms with van der Waals surface area (Å²) < 4.78 is 6.04. The van der Waals surface area contributed by atoms with Crippen LogP contribution in [-0.4, -0.2) is 18.8 Å². The van der Waals surface area contributed by atoms with Crippen LogP contribution in [0.1, 0.15) is 54.1 Å². The smallest absolute Gasteiger partial charge is 0.238 e. The molecule has 0 radical (unpaired) electrons. The lowest BCUT2D eigenvalue weighted by Gasteiger charge is -2.37. The van der Waals surface area contributed by atoms with Crippen molar-refractivity contribution >= 4 is 33.3 Å². The van der Waals surface area contributed by atoms with E-state index in [2.05, 4.69) is 15.9 Å². The number of halogens is 1. The highest BCUT2D eigenvalue weighted by molar-refractivity contribution is 9.10. The average molecular weight is 428 g/mol. The number of hydrogen-bond acceptors (Lipinski definition) is 3. The van der Waals surface area contributed by atoms with Gasteiger partial charge in [-0.1, -0.05) is 25.5 Å². The van der Waals surface area contributed by atoms with Gasteiger partial charge in [0.1, 0.15) is 5.75 Å². The molecule has 1 saturated carbocycles. The highest BCUT2D eigenvalue weighted by atomic mass is 79.9. The van der Waals surface area contributed by atoms with Gasteiger partial charge in [-0.2, -0.15) is 0 Å². The first-order chi connectivity index (χ1) is 13.0. The third-order valence-corrected chi connectivity index (χ3v) is 6.46. The van der Waals surface area contributed by atoms with Crippen molar-refractivity contribution in [2.75, 3.05) is 12.0 Å². The summed E-state index contributed by atoms with van der Waals surface area (Å²) in [6.45, 7) is 2.38. The topological polar surface area (TPSA) is 46.6 Å². The van der Waals surface area contributed by atoms with Crippen molar-refractivity contribution < 1.29 is 14.3 Å². The Morgan fingerprint density at radius 1 is 1.22 bits per heavy atom. The molecule has 4 nitrogen and oxygen atoms in total. The molecule has 1 aliphatic heterocycles. The Morgan fingerprint density at radius 2 is 1.93 bits per heavy atom. The summed E-state index contributed by atoms with van der Waals surface area (Å²) in [6.07, 6.45) is 3.22. The van der Waals surface area contributed by atoms with Crippen LogP contribution in [0, 0.1) is 0 Å². The van der Waals surface area contributed by atoms with E-state index in [-0.39, 0.29) is 11.7 Å². The maximum Gasteiger partial charge on any atom is 0.238 e. The van der Waals surface area contributed by atoms with E-state index < -0.39 is 5.41 Å². The highest BCUT2D eigenvalue weighted by Gasteiger charge is 2.55. The standard InChI is InChI=1S/C22H22BrNO3/c1-3-19(25)15-11-17-20(18(23)12-15)24(21(26)22(17)9-4-10-22)13-14-5-7-16(27-2)8-6-14/h5-8,11-12H,3-4,9-10,13H2,1-2H3. The molecule has 0 aromatic heterocycles. The summed E-state index contributed by atoms with van der Waals surface area (Å²) in [4.78, 5) is 27.5. The molecule has 27 heavy (non-hydrogen) atoms. The molecule has 1 heterocycles. The number of Topliss-reactive ketones (excluding diaryl/α,β-unsaturated/α-hetero) is 1. The molecule has 2 aromatic rings. The third kappa shape index (κ3) is 2.80. The van der Waals surface area contributed by atoms with Crippen LogP contribution in [0.5, 0.6) is 5.75 Å². The van der Waals surface area contributed by atoms with E-state index in [4.69, 9.17) is 4.74 Å². The Morgan fingerprint density at radius 3 is 2.48 bits per heavy atom. The molecule has 0 unspecified atom stereocenters. The number of ether oxygens (including phenoxy) is 1. The van der Waals surface area contributed by atoms with Gasteiger partial charge in [0.15, 0.2) is 5.78 Å². The third-order valence-electron chi connectivity index (χ3n) is 5.85. The van der Waals surface area contributed by atoms with Crippen LogP contribution in [-0.2, 0) is 16.8 Å². The molecule has 0 saturated heterocycles. The summed E-state index contributed by atoms with van der Waals surface area (Å²) in [7, 11) is 1.64. The lowest BCUT2D eigenvalue weighted by Crippen LogP contribution is -2.44. The van der Waals surface area contributed by atoms with Crippen LogP contribution in [0.4, 0.5) is 5.69 Å². The second-order valence-electron chi connectivity index (χ2n) is 7.31. The van der Waals surface area contributed by atoms with Gasteiger partial charge in [-0.25, -0.2) is 0 Å². The summed E-state index contributed by atoms with van der Waals surface area (Å²) >= 11 is 3.64. The minimum absolute atomic E-state index is 0.106. The van der Waals surface area contributed by atoms with E-state index in [9.17, 15) is 9.59 Å². The van der Waals surface area contributed by atoms with E-state index in [0.29, 0.717) is 18.5 Å². The minimum atomic E-state index is -0.450. The number of nitrogens with zero attached hydrogens (tertiary/aromatic N) is 1. The number of amides is 1. The van der Waals surface area contributed by atoms with Gasteiger partial charge in [0.2, 0.25) is 5.91 Å². The van der Waals surface area contributed by atoms with Gasteiger partial charge in [-0.05, 0) is 64.2 Å². The molecule has 0 N–H and O–H groups in total. The fourth-order valence-corrected chi connectivity index (χ4v) is 4.83. The van der Waals surface area contributed by atoms with Crippen LogP contribution < -0.4 is 9.64 Å².